The zero-order chi connectivity index (χ0) is 71.6. The number of hydrazine groups is 4. The number of aromatic nitrogens is 6. The lowest BCUT2D eigenvalue weighted by Crippen LogP contribution is -2.40. The fraction of sp³-hybridized carbons (Fsp3) is 0.550. The summed E-state index contributed by atoms with van der Waals surface area (Å²) in [6.07, 6.45) is -0.881. The van der Waals surface area contributed by atoms with Gasteiger partial charge < -0.3 is 17.4 Å². The molecular weight excluding hydrogens is 1190 g/mol. The van der Waals surface area contributed by atoms with Gasteiger partial charge in [-0.1, -0.05) is 220 Å². The number of nitrogen functional groups attached to an aromatic ring is 3. The van der Waals surface area contributed by atoms with Crippen LogP contribution >= 0.6 is 24.0 Å². The van der Waals surface area contributed by atoms with Gasteiger partial charge in [0.15, 0.2) is 21.3 Å². The second kappa shape index (κ2) is 41.1. The van der Waals surface area contributed by atoms with Crippen molar-refractivity contribution >= 4 is 80.5 Å². The summed E-state index contributed by atoms with van der Waals surface area (Å²) in [7, 11) is 0. The number of carbonyl (C=O) groups is 5. The Bertz CT molecular complexity index is 2840. The van der Waals surface area contributed by atoms with Gasteiger partial charge in [0.05, 0.1) is 22.6 Å². The summed E-state index contributed by atoms with van der Waals surface area (Å²) in [6, 6.07) is 16.8. The van der Waals surface area contributed by atoms with Crippen LogP contribution in [0.15, 0.2) is 89.1 Å². The summed E-state index contributed by atoms with van der Waals surface area (Å²) >= 11 is 5.96. The summed E-state index contributed by atoms with van der Waals surface area (Å²) in [4.78, 5) is 87.3. The summed E-state index contributed by atoms with van der Waals surface area (Å²) in [5.41, 5.74) is 10.9. The number of nitrogens with one attached hydrogen (secondary N) is 2. The maximum atomic E-state index is 11.2. The number of thiocarbonyl (C=S) groups is 1. The van der Waals surface area contributed by atoms with Crippen LogP contribution in [0.1, 0.15) is 194 Å². The van der Waals surface area contributed by atoms with Crippen molar-refractivity contribution in [1.82, 2.24) is 44.7 Å². The number of amides is 5. The van der Waals surface area contributed by atoms with E-state index in [4.69, 9.17) is 34.9 Å². The van der Waals surface area contributed by atoms with Gasteiger partial charge >= 0.3 is 17.8 Å². The second-order valence-electron chi connectivity index (χ2n) is 28.6. The molecule has 3 aromatic heterocycles. The van der Waals surface area contributed by atoms with E-state index in [0.717, 1.165) is 20.1 Å². The van der Waals surface area contributed by atoms with E-state index >= 15 is 0 Å². The van der Waals surface area contributed by atoms with Crippen LogP contribution < -0.4 is 62.5 Å². The van der Waals surface area contributed by atoms with Crippen molar-refractivity contribution in [2.75, 3.05) is 28.2 Å². The molecule has 0 radical (unpaired) electrons. The SMILES string of the molecule is CC(=O)N(N)c1ccccc1.CC(C)(C)C.CC(C)(C)C.CC(C)(C)C.CC(C)(C)C.CC(C)(C)C.CC(C)(C)C.NN1C(=O)CSC1=S.NN1C(=O)c2ccccc2C1=O.NNC(=O)C(F)(F)F.Nc1ncnc2c1ncn2N.Nn1ccc(=O)[nH]c1=O. The number of hydrogen-bond acceptors (Lipinski definition) is 19. The first-order valence-corrected chi connectivity index (χ1v) is 28.9. The van der Waals surface area contributed by atoms with E-state index < -0.39 is 35.1 Å². The van der Waals surface area contributed by atoms with E-state index in [1.54, 1.807) is 36.4 Å². The fourth-order valence-corrected chi connectivity index (χ4v) is 4.63. The molecule has 0 saturated carbocycles. The van der Waals surface area contributed by atoms with Crippen molar-refractivity contribution < 1.29 is 37.1 Å². The molecule has 2 aliphatic rings. The molecular formula is C60H106F3N17O7S2. The van der Waals surface area contributed by atoms with Crippen molar-refractivity contribution in [3.05, 3.63) is 111 Å². The average molecular weight is 1300 g/mol. The Kier molecular flexibility index (Phi) is 41.7. The van der Waals surface area contributed by atoms with E-state index in [1.807, 2.05) is 23.2 Å². The number of para-hydroxylation sites is 1. The molecule has 5 amide bonds. The van der Waals surface area contributed by atoms with Crippen molar-refractivity contribution in [2.45, 2.75) is 179 Å². The third-order valence-electron chi connectivity index (χ3n) is 6.61. The number of H-pyrrole nitrogens is 1. The monoisotopic (exact) mass is 1300 g/mol. The Morgan fingerprint density at radius 2 is 0.966 bits per heavy atom. The van der Waals surface area contributed by atoms with Crippen molar-refractivity contribution in [3.63, 3.8) is 0 Å². The van der Waals surface area contributed by atoms with Crippen LogP contribution in [0.25, 0.3) is 11.2 Å². The zero-order valence-corrected chi connectivity index (χ0v) is 58.8. The highest BCUT2D eigenvalue weighted by atomic mass is 32.2. The van der Waals surface area contributed by atoms with Crippen LogP contribution in [0.4, 0.5) is 24.7 Å². The molecule has 1 saturated heterocycles. The first kappa shape index (κ1) is 90.4. The van der Waals surface area contributed by atoms with Crippen molar-refractivity contribution in [3.8, 4) is 0 Å². The van der Waals surface area contributed by atoms with E-state index in [9.17, 15) is 46.7 Å². The number of fused-ring (bicyclic) bond motifs is 2. The number of anilines is 2. The quantitative estimate of drug-likeness (QED) is 0.0248. The molecule has 1 fully saturated rings. The number of rotatable bonds is 1. The largest absolute Gasteiger partial charge is 0.472 e. The lowest BCUT2D eigenvalue weighted by Gasteiger charge is -2.13. The summed E-state index contributed by atoms with van der Waals surface area (Å²) in [6.45, 7) is 53.9. The number of alkyl halides is 3. The van der Waals surface area contributed by atoms with Gasteiger partial charge in [-0.15, -0.1) is 0 Å². The molecule has 5 heterocycles. The Hall–Kier alpha value is -7.31. The molecule has 0 atom stereocenters. The van der Waals surface area contributed by atoms with Crippen molar-refractivity contribution in [2.24, 2.45) is 55.9 Å². The van der Waals surface area contributed by atoms with Crippen molar-refractivity contribution in [1.29, 1.82) is 0 Å². The van der Waals surface area contributed by atoms with Crippen LogP contribution in [0, 0.1) is 32.5 Å². The molecule has 0 bridgehead atoms. The molecule has 89 heavy (non-hydrogen) atoms. The number of nitrogens with zero attached hydrogens (tertiary/aromatic N) is 8. The normalized spacial score (nSPS) is 12.3. The van der Waals surface area contributed by atoms with Crippen LogP contribution in [-0.4, -0.2) is 85.1 Å². The van der Waals surface area contributed by atoms with Gasteiger partial charge in [0.1, 0.15) is 12.7 Å². The number of imide groups is 1. The first-order chi connectivity index (χ1) is 39.6. The molecule has 24 nitrogen and oxygen atoms in total. The minimum Gasteiger partial charge on any atom is -0.382 e. The summed E-state index contributed by atoms with van der Waals surface area (Å²) in [5.74, 6) is 27.8. The minimum absolute atomic E-state index is 0.111. The number of thioether (sulfide) groups is 1. The summed E-state index contributed by atoms with van der Waals surface area (Å²) in [5, 5.41) is 2.74. The van der Waals surface area contributed by atoms with Crippen LogP contribution in [0.2, 0.25) is 0 Å². The maximum absolute atomic E-state index is 11.2. The lowest BCUT2D eigenvalue weighted by molar-refractivity contribution is -0.173. The Labute approximate surface area is 534 Å². The predicted octanol–water partition coefficient (Wildman–Crippen LogP) is 10.0. The van der Waals surface area contributed by atoms with E-state index in [0.29, 0.717) is 81.4 Å². The Morgan fingerprint density at radius 3 is 1.22 bits per heavy atom. The van der Waals surface area contributed by atoms with Gasteiger partial charge in [0, 0.05) is 19.2 Å². The van der Waals surface area contributed by atoms with Gasteiger partial charge in [-0.2, -0.15) is 13.2 Å². The molecule has 2 aromatic carbocycles. The molecule has 16 N–H and O–H groups in total. The highest BCUT2D eigenvalue weighted by Crippen LogP contribution is 2.20. The van der Waals surface area contributed by atoms with Crippen LogP contribution in [0.5, 0.6) is 0 Å². The standard InChI is InChI=1S/C8H6N2O2.C8H10N2O.C5H6N6.6C5H12.C4H5N3O2.C3H4N2OS2.C2H3F3N2O/c9-10-7(11)5-3-1-2-4-6(5)8(10)12;1-7(11)10(9)8-5-3-2-4-6-8;6-4-3-5(9-1-8-4)11(7)2-10-3;6*1-5(2,3)4;5-7-2-1-3(8)6-4(7)9;4-5-2(6)1-8-3(5)7;3-2(4,5)1(8)7-6/h1-4H,9H2;2-6H,9H2,1H3;1-2H,7H2,(H2,6,8,9);6*1-4H3;1-2H,5H2,(H,6,8,9);1,4H2;6H2,(H,7,8). The number of carbonyl (C=O) groups excluding carboxylic acids is 5. The Balaban J connectivity index is -0.000000293. The zero-order valence-electron chi connectivity index (χ0n) is 57.1. The highest BCUT2D eigenvalue weighted by Gasteiger charge is 2.38. The maximum Gasteiger partial charge on any atom is 0.472 e. The van der Waals surface area contributed by atoms with Crippen LogP contribution in [-0.2, 0) is 14.4 Å². The van der Waals surface area contributed by atoms with Gasteiger partial charge in [0.25, 0.3) is 23.3 Å². The lowest BCUT2D eigenvalue weighted by atomic mass is 10.0. The second-order valence-corrected chi connectivity index (χ2v) is 30.2. The van der Waals surface area contributed by atoms with E-state index in [-0.39, 0.29) is 11.8 Å². The van der Waals surface area contributed by atoms with Gasteiger partial charge in [0.2, 0.25) is 5.91 Å². The topological polar surface area (TPSA) is 388 Å². The average Bonchev–Trinajstić information content (AvgIpc) is 4.02. The van der Waals surface area contributed by atoms with Gasteiger partial charge in [-0.25, -0.2) is 67.5 Å². The number of hydrogen-bond donors (Lipinski definition) is 9. The molecule has 7 rings (SSSR count). The smallest absolute Gasteiger partial charge is 0.382 e. The number of aromatic amines is 1. The highest BCUT2D eigenvalue weighted by molar-refractivity contribution is 8.23. The third-order valence-corrected chi connectivity index (χ3v) is 8.00. The molecule has 0 unspecified atom stereocenters. The third kappa shape index (κ3) is 58.2. The molecule has 506 valence electrons. The fourth-order valence-electron chi connectivity index (χ4n) is 3.72. The number of nitrogens with two attached hydrogens (primary N) is 7. The van der Waals surface area contributed by atoms with Gasteiger partial charge in [-0.3, -0.25) is 39.2 Å². The Morgan fingerprint density at radius 1 is 0.596 bits per heavy atom. The number of benzene rings is 2. The molecule has 2 aliphatic heterocycles. The summed E-state index contributed by atoms with van der Waals surface area (Å²) < 4.78 is 35.4. The first-order valence-electron chi connectivity index (χ1n) is 27.5. The molecule has 0 spiro atoms. The number of imidazole rings is 1. The predicted molar refractivity (Wildman–Crippen MR) is 362 cm³/mol. The van der Waals surface area contributed by atoms with E-state index in [1.165, 1.54) is 48.3 Å². The molecule has 29 heteroatoms. The number of halogens is 3. The minimum atomic E-state index is -4.87. The van der Waals surface area contributed by atoms with E-state index in [2.05, 4.69) is 199 Å². The molecule has 0 aliphatic carbocycles. The van der Waals surface area contributed by atoms with Crippen LogP contribution in [0.3, 0.4) is 0 Å². The molecule has 5 aromatic rings. The van der Waals surface area contributed by atoms with Gasteiger partial charge in [-0.05, 0) is 56.8 Å².